The third kappa shape index (κ3) is 2.52. The molecule has 0 heteroatoms. The van der Waals surface area contributed by atoms with E-state index in [2.05, 4.69) is 62.3 Å². The van der Waals surface area contributed by atoms with E-state index in [1.54, 1.807) is 5.92 Å². The van der Waals surface area contributed by atoms with E-state index in [0.717, 1.165) is 11.8 Å². The Morgan fingerprint density at radius 2 is 0.867 bits per heavy atom. The first-order valence-corrected chi connectivity index (χ1v) is 6.24. The van der Waals surface area contributed by atoms with Gasteiger partial charge in [-0.25, -0.2) is 0 Å². The van der Waals surface area contributed by atoms with Crippen LogP contribution >= 0.6 is 0 Å². The first-order chi connectivity index (χ1) is 6.37. The highest BCUT2D eigenvalue weighted by atomic mass is 14.7. The van der Waals surface area contributed by atoms with Gasteiger partial charge < -0.3 is 0 Å². The molecule has 1 fully saturated rings. The van der Waals surface area contributed by atoms with Crippen LogP contribution in [0.25, 0.3) is 0 Å². The molecule has 0 saturated heterocycles. The Bertz CT molecular complexity index is 179. The van der Waals surface area contributed by atoms with E-state index in [4.69, 9.17) is 0 Å². The van der Waals surface area contributed by atoms with Gasteiger partial charge in [-0.2, -0.15) is 0 Å². The van der Waals surface area contributed by atoms with Gasteiger partial charge in [-0.15, -0.1) is 0 Å². The molecule has 1 rings (SSSR count). The smallest absolute Gasteiger partial charge is 0.0556 e. The van der Waals surface area contributed by atoms with Crippen LogP contribution in [-0.4, -0.2) is 0 Å². The molecule has 0 nitrogen and oxygen atoms in total. The van der Waals surface area contributed by atoms with Crippen LogP contribution < -0.4 is 0 Å². The van der Waals surface area contributed by atoms with Gasteiger partial charge in [0.05, 0.1) is 0 Å². The van der Waals surface area contributed by atoms with Crippen molar-refractivity contribution >= 4 is 0 Å². The molecule has 0 bridgehead atoms. The highest BCUT2D eigenvalue weighted by molar-refractivity contribution is 5.31. The maximum atomic E-state index is 2.38. The Kier molecular flexibility index (Phi) is 2.74. The zero-order chi connectivity index (χ0) is 12.2. The predicted octanol–water partition coefficient (Wildman–Crippen LogP) is 4.95. The number of hydrogen-bond donors (Lipinski definition) is 0. The van der Waals surface area contributed by atoms with Crippen LogP contribution in [0.5, 0.6) is 0 Å². The van der Waals surface area contributed by atoms with Gasteiger partial charge in [0.2, 0.25) is 0 Å². The van der Waals surface area contributed by atoms with Crippen molar-refractivity contribution < 1.29 is 0 Å². The van der Waals surface area contributed by atoms with Gasteiger partial charge in [-0.3, -0.25) is 0 Å². The first-order valence-electron chi connectivity index (χ1n) is 6.24. The van der Waals surface area contributed by atoms with Crippen molar-refractivity contribution in [3.05, 3.63) is 5.92 Å². The maximum absolute atomic E-state index is 2.38. The minimum absolute atomic E-state index is 0.385. The standard InChI is InChI=1S/C15H29/c1-13(2,3)10-11(14(4,5)6)12(10)15(7,8)9/h10-11H,1-9H3/q+1. The molecule has 0 heterocycles. The molecule has 1 saturated carbocycles. The molecule has 2 atom stereocenters. The Morgan fingerprint density at radius 3 is 0.933 bits per heavy atom. The van der Waals surface area contributed by atoms with E-state index in [0.29, 0.717) is 16.2 Å². The lowest BCUT2D eigenvalue weighted by Gasteiger charge is -2.17. The molecule has 0 radical (unpaired) electrons. The summed E-state index contributed by atoms with van der Waals surface area (Å²) in [6.07, 6.45) is 0. The van der Waals surface area contributed by atoms with E-state index in [1.165, 1.54) is 0 Å². The van der Waals surface area contributed by atoms with E-state index >= 15 is 0 Å². The molecule has 0 aromatic carbocycles. The highest BCUT2D eigenvalue weighted by Gasteiger charge is 2.76. The fourth-order valence-corrected chi connectivity index (χ4v) is 3.13. The molecule has 88 valence electrons. The summed E-state index contributed by atoms with van der Waals surface area (Å²) in [5.41, 5.74) is 1.25. The van der Waals surface area contributed by atoms with Crippen molar-refractivity contribution in [2.75, 3.05) is 0 Å². The Morgan fingerprint density at radius 1 is 0.600 bits per heavy atom. The van der Waals surface area contributed by atoms with Crippen molar-refractivity contribution in [3.8, 4) is 0 Å². The van der Waals surface area contributed by atoms with Crippen LogP contribution in [0.15, 0.2) is 0 Å². The van der Waals surface area contributed by atoms with Crippen molar-refractivity contribution in [1.29, 1.82) is 0 Å². The zero-order valence-electron chi connectivity index (χ0n) is 12.2. The summed E-state index contributed by atoms with van der Waals surface area (Å²) in [4.78, 5) is 0. The van der Waals surface area contributed by atoms with Crippen molar-refractivity contribution in [3.63, 3.8) is 0 Å². The van der Waals surface area contributed by atoms with Gasteiger partial charge in [-0.1, -0.05) is 41.5 Å². The molecular formula is C15H29+. The lowest BCUT2D eigenvalue weighted by Crippen LogP contribution is -2.16. The minimum atomic E-state index is 0.385. The minimum Gasteiger partial charge on any atom is -0.0556 e. The topological polar surface area (TPSA) is 0 Å². The van der Waals surface area contributed by atoms with Gasteiger partial charge in [0.15, 0.2) is 0 Å². The SMILES string of the molecule is CC(C)(C)[C+]1C(C(C)(C)C)C1C(C)(C)C. The van der Waals surface area contributed by atoms with E-state index < -0.39 is 0 Å². The summed E-state index contributed by atoms with van der Waals surface area (Å²) in [6.45, 7) is 21.4. The molecule has 0 aromatic heterocycles. The lowest BCUT2D eigenvalue weighted by atomic mass is 9.81. The molecule has 0 amide bonds. The van der Waals surface area contributed by atoms with Crippen LogP contribution in [-0.2, 0) is 0 Å². The van der Waals surface area contributed by atoms with Crippen molar-refractivity contribution in [2.45, 2.75) is 62.3 Å². The van der Waals surface area contributed by atoms with Gasteiger partial charge in [0.1, 0.15) is 23.2 Å². The quantitative estimate of drug-likeness (QED) is 0.495. The molecular weight excluding hydrogens is 180 g/mol. The Labute approximate surface area is 96.8 Å². The number of rotatable bonds is 0. The number of hydrogen-bond acceptors (Lipinski definition) is 0. The summed E-state index contributed by atoms with van der Waals surface area (Å²) in [7, 11) is 0. The van der Waals surface area contributed by atoms with Gasteiger partial charge in [0, 0.05) is 10.8 Å². The summed E-state index contributed by atoms with van der Waals surface area (Å²) in [6, 6.07) is 0. The van der Waals surface area contributed by atoms with E-state index in [1.807, 2.05) is 0 Å². The summed E-state index contributed by atoms with van der Waals surface area (Å²) in [5.74, 6) is 3.43. The van der Waals surface area contributed by atoms with E-state index in [9.17, 15) is 0 Å². The van der Waals surface area contributed by atoms with Crippen LogP contribution in [0.4, 0.5) is 0 Å². The van der Waals surface area contributed by atoms with Crippen LogP contribution in [0.3, 0.4) is 0 Å². The second kappa shape index (κ2) is 3.18. The molecule has 1 aliphatic carbocycles. The average Bonchev–Trinajstić information content (AvgIpc) is 2.51. The summed E-state index contributed by atoms with van der Waals surface area (Å²) < 4.78 is 0. The monoisotopic (exact) mass is 209 g/mol. The largest absolute Gasteiger partial charge is 0.149 e. The van der Waals surface area contributed by atoms with Crippen molar-refractivity contribution in [1.82, 2.24) is 0 Å². The Hall–Kier alpha value is -0.130. The molecule has 2 unspecified atom stereocenters. The fraction of sp³-hybridized carbons (Fsp3) is 0.933. The predicted molar refractivity (Wildman–Crippen MR) is 68.6 cm³/mol. The molecule has 0 aromatic rings. The van der Waals surface area contributed by atoms with Crippen LogP contribution in [0.2, 0.25) is 0 Å². The maximum Gasteiger partial charge on any atom is 0.149 e. The average molecular weight is 209 g/mol. The van der Waals surface area contributed by atoms with Gasteiger partial charge in [0.25, 0.3) is 0 Å². The van der Waals surface area contributed by atoms with Crippen LogP contribution in [0.1, 0.15) is 62.3 Å². The van der Waals surface area contributed by atoms with E-state index in [-0.39, 0.29) is 0 Å². The second-order valence-electron chi connectivity index (χ2n) is 8.39. The second-order valence-corrected chi connectivity index (χ2v) is 8.39. The molecule has 0 spiro atoms. The molecule has 0 aliphatic heterocycles. The van der Waals surface area contributed by atoms with Gasteiger partial charge >= 0.3 is 0 Å². The first kappa shape index (κ1) is 12.9. The lowest BCUT2D eigenvalue weighted by molar-refractivity contribution is 0.254. The third-order valence-corrected chi connectivity index (χ3v) is 3.63. The van der Waals surface area contributed by atoms with Crippen molar-refractivity contribution in [2.24, 2.45) is 28.1 Å². The van der Waals surface area contributed by atoms with Gasteiger partial charge in [-0.05, 0) is 20.8 Å². The third-order valence-electron chi connectivity index (χ3n) is 3.63. The highest BCUT2D eigenvalue weighted by Crippen LogP contribution is 2.70. The molecule has 0 N–H and O–H groups in total. The van der Waals surface area contributed by atoms with Crippen LogP contribution in [0, 0.1) is 34.0 Å². The summed E-state index contributed by atoms with van der Waals surface area (Å²) in [5, 5.41) is 0. The summed E-state index contributed by atoms with van der Waals surface area (Å²) >= 11 is 0. The zero-order valence-corrected chi connectivity index (χ0v) is 12.2. The molecule has 1 aliphatic rings. The fourth-order valence-electron chi connectivity index (χ4n) is 3.13. The Balaban J connectivity index is 2.91. The molecule has 15 heavy (non-hydrogen) atoms. The normalized spacial score (nSPS) is 28.2.